The maximum absolute atomic E-state index is 12.8. The highest BCUT2D eigenvalue weighted by atomic mass is 16.2. The number of pyridine rings is 2. The fourth-order valence-corrected chi connectivity index (χ4v) is 3.25. The van der Waals surface area contributed by atoms with Crippen LogP contribution in [0.1, 0.15) is 35.1 Å². The Bertz CT molecular complexity index is 972. The maximum atomic E-state index is 12.8. The van der Waals surface area contributed by atoms with E-state index in [0.717, 1.165) is 18.4 Å². The van der Waals surface area contributed by atoms with E-state index in [9.17, 15) is 9.59 Å². The summed E-state index contributed by atoms with van der Waals surface area (Å²) in [5.74, 6) is 0.404. The first kappa shape index (κ1) is 16.1. The van der Waals surface area contributed by atoms with E-state index in [4.69, 9.17) is 0 Å². The van der Waals surface area contributed by atoms with Crippen LogP contribution in [-0.2, 0) is 0 Å². The second-order valence-electron chi connectivity index (χ2n) is 6.16. The number of aromatic nitrogens is 4. The van der Waals surface area contributed by atoms with E-state index in [0.29, 0.717) is 23.6 Å². The number of nitrogens with one attached hydrogen (secondary N) is 1. The Morgan fingerprint density at radius 3 is 2.69 bits per heavy atom. The van der Waals surface area contributed by atoms with Gasteiger partial charge < -0.3 is 9.88 Å². The summed E-state index contributed by atoms with van der Waals surface area (Å²) in [6.07, 6.45) is 8.14. The number of rotatable bonds is 3. The number of H-pyrrole nitrogens is 1. The van der Waals surface area contributed by atoms with Crippen LogP contribution in [0, 0.1) is 0 Å². The van der Waals surface area contributed by atoms with Crippen molar-refractivity contribution in [3.05, 3.63) is 76.9 Å². The molecule has 1 N–H and O–H groups in total. The lowest BCUT2D eigenvalue weighted by Crippen LogP contribution is -2.32. The van der Waals surface area contributed by atoms with Crippen LogP contribution in [0.4, 0.5) is 0 Å². The lowest BCUT2D eigenvalue weighted by molar-refractivity contribution is 0.0729. The fourth-order valence-electron chi connectivity index (χ4n) is 3.25. The van der Waals surface area contributed by atoms with Crippen molar-refractivity contribution in [2.45, 2.75) is 18.9 Å². The van der Waals surface area contributed by atoms with Crippen molar-refractivity contribution in [3.63, 3.8) is 0 Å². The molecule has 0 bridgehead atoms. The van der Waals surface area contributed by atoms with Crippen molar-refractivity contribution in [2.24, 2.45) is 0 Å². The van der Waals surface area contributed by atoms with Gasteiger partial charge in [-0.25, -0.2) is 4.98 Å². The minimum Gasteiger partial charge on any atom is -0.328 e. The molecule has 0 aromatic carbocycles. The fraction of sp³-hybridized carbons (Fsp3) is 0.211. The Hall–Kier alpha value is -3.35. The van der Waals surface area contributed by atoms with E-state index in [2.05, 4.69) is 19.9 Å². The van der Waals surface area contributed by atoms with Crippen molar-refractivity contribution in [3.8, 4) is 11.3 Å². The molecule has 4 heterocycles. The summed E-state index contributed by atoms with van der Waals surface area (Å²) in [7, 11) is 0. The number of aromatic amines is 1. The summed E-state index contributed by atoms with van der Waals surface area (Å²) < 4.78 is 0. The van der Waals surface area contributed by atoms with Crippen LogP contribution >= 0.6 is 0 Å². The first-order valence-electron chi connectivity index (χ1n) is 8.45. The van der Waals surface area contributed by atoms with Gasteiger partial charge in [0.15, 0.2) is 0 Å². The molecule has 1 aliphatic rings. The Kier molecular flexibility index (Phi) is 4.27. The molecular weight excluding hydrogens is 330 g/mol. The van der Waals surface area contributed by atoms with Gasteiger partial charge in [-0.3, -0.25) is 19.6 Å². The van der Waals surface area contributed by atoms with E-state index in [1.807, 2.05) is 6.07 Å². The van der Waals surface area contributed by atoms with Crippen LogP contribution in [0.3, 0.4) is 0 Å². The summed E-state index contributed by atoms with van der Waals surface area (Å²) in [6.45, 7) is 0.624. The Labute approximate surface area is 149 Å². The van der Waals surface area contributed by atoms with Crippen molar-refractivity contribution in [2.75, 3.05) is 6.54 Å². The van der Waals surface area contributed by atoms with E-state index < -0.39 is 0 Å². The molecule has 1 amide bonds. The normalized spacial score (nSPS) is 16.6. The van der Waals surface area contributed by atoms with E-state index >= 15 is 0 Å². The van der Waals surface area contributed by atoms with Crippen LogP contribution in [0.2, 0.25) is 0 Å². The largest absolute Gasteiger partial charge is 0.328 e. The van der Waals surface area contributed by atoms with E-state index in [1.54, 1.807) is 47.9 Å². The highest BCUT2D eigenvalue weighted by Gasteiger charge is 2.32. The molecule has 1 unspecified atom stereocenters. The Morgan fingerprint density at radius 1 is 1.15 bits per heavy atom. The molecule has 0 saturated carbocycles. The van der Waals surface area contributed by atoms with Gasteiger partial charge in [-0.1, -0.05) is 0 Å². The number of carbonyl (C=O) groups is 1. The molecule has 1 saturated heterocycles. The van der Waals surface area contributed by atoms with Gasteiger partial charge in [-0.15, -0.1) is 0 Å². The van der Waals surface area contributed by atoms with E-state index in [1.165, 1.54) is 6.07 Å². The molecule has 0 spiro atoms. The zero-order valence-corrected chi connectivity index (χ0v) is 14.0. The zero-order valence-electron chi connectivity index (χ0n) is 14.0. The number of carbonyl (C=O) groups excluding carboxylic acids is 1. The average molecular weight is 347 g/mol. The SMILES string of the molecule is O=C(c1cccnc1)N1CCCC1c1nc(-c2cccnc2)cc(=O)[nH]1. The standard InChI is InChI=1S/C19H17N5O2/c25-17-10-15(13-4-1-7-20-11-13)22-18(23-17)16-6-3-9-24(16)19(26)14-5-2-8-21-12-14/h1-2,4-5,7-8,10-12,16H,3,6,9H2,(H,22,23,25). The number of amides is 1. The second-order valence-corrected chi connectivity index (χ2v) is 6.16. The molecule has 1 fully saturated rings. The third-order valence-electron chi connectivity index (χ3n) is 4.46. The summed E-state index contributed by atoms with van der Waals surface area (Å²) in [4.78, 5) is 42.2. The number of hydrogen-bond donors (Lipinski definition) is 1. The molecular formula is C19H17N5O2. The summed E-state index contributed by atoms with van der Waals surface area (Å²) in [6, 6.07) is 8.32. The van der Waals surface area contributed by atoms with Gasteiger partial charge in [0.25, 0.3) is 11.5 Å². The molecule has 7 heteroatoms. The van der Waals surface area contributed by atoms with Crippen molar-refractivity contribution < 1.29 is 4.79 Å². The molecule has 1 atom stereocenters. The Balaban J connectivity index is 1.69. The predicted octanol–water partition coefficient (Wildman–Crippen LogP) is 2.20. The highest BCUT2D eigenvalue weighted by molar-refractivity contribution is 5.94. The smallest absolute Gasteiger partial charge is 0.256 e. The third-order valence-corrected chi connectivity index (χ3v) is 4.46. The second kappa shape index (κ2) is 6.87. The quantitative estimate of drug-likeness (QED) is 0.784. The van der Waals surface area contributed by atoms with Gasteiger partial charge in [0.1, 0.15) is 5.82 Å². The molecule has 0 aliphatic carbocycles. The molecule has 130 valence electrons. The zero-order chi connectivity index (χ0) is 17.9. The van der Waals surface area contributed by atoms with Gasteiger partial charge in [-0.05, 0) is 37.1 Å². The van der Waals surface area contributed by atoms with Crippen LogP contribution < -0.4 is 5.56 Å². The van der Waals surface area contributed by atoms with Gasteiger partial charge in [0.2, 0.25) is 0 Å². The molecule has 3 aromatic rings. The lowest BCUT2D eigenvalue weighted by atomic mass is 10.1. The summed E-state index contributed by atoms with van der Waals surface area (Å²) in [5, 5.41) is 0. The van der Waals surface area contributed by atoms with Crippen LogP contribution in [-0.4, -0.2) is 37.3 Å². The van der Waals surface area contributed by atoms with Crippen LogP contribution in [0.5, 0.6) is 0 Å². The lowest BCUT2D eigenvalue weighted by Gasteiger charge is -2.24. The maximum Gasteiger partial charge on any atom is 0.256 e. The van der Waals surface area contributed by atoms with Gasteiger partial charge in [0, 0.05) is 43.0 Å². The van der Waals surface area contributed by atoms with Crippen LogP contribution in [0.25, 0.3) is 11.3 Å². The molecule has 3 aromatic heterocycles. The van der Waals surface area contributed by atoms with Crippen molar-refractivity contribution in [1.29, 1.82) is 0 Å². The minimum atomic E-state index is -0.257. The Morgan fingerprint density at radius 2 is 1.96 bits per heavy atom. The van der Waals surface area contributed by atoms with Crippen molar-refractivity contribution >= 4 is 5.91 Å². The molecule has 0 radical (unpaired) electrons. The first-order chi connectivity index (χ1) is 12.7. The first-order valence-corrected chi connectivity index (χ1v) is 8.45. The van der Waals surface area contributed by atoms with Gasteiger partial charge in [-0.2, -0.15) is 0 Å². The number of likely N-dealkylation sites (tertiary alicyclic amines) is 1. The highest BCUT2D eigenvalue weighted by Crippen LogP contribution is 2.31. The average Bonchev–Trinajstić information content (AvgIpc) is 3.18. The van der Waals surface area contributed by atoms with E-state index in [-0.39, 0.29) is 17.5 Å². The topological polar surface area (TPSA) is 91.8 Å². The molecule has 4 rings (SSSR count). The van der Waals surface area contributed by atoms with Gasteiger partial charge >= 0.3 is 0 Å². The summed E-state index contributed by atoms with van der Waals surface area (Å²) >= 11 is 0. The monoisotopic (exact) mass is 347 g/mol. The number of nitrogens with zero attached hydrogens (tertiary/aromatic N) is 4. The molecule has 26 heavy (non-hydrogen) atoms. The third kappa shape index (κ3) is 3.11. The predicted molar refractivity (Wildman–Crippen MR) is 95.3 cm³/mol. The number of hydrogen-bond acceptors (Lipinski definition) is 5. The molecule has 7 nitrogen and oxygen atoms in total. The molecule has 1 aliphatic heterocycles. The minimum absolute atomic E-state index is 0.102. The van der Waals surface area contributed by atoms with Crippen LogP contribution in [0.15, 0.2) is 59.9 Å². The van der Waals surface area contributed by atoms with Gasteiger partial charge in [0.05, 0.1) is 17.3 Å². The van der Waals surface area contributed by atoms with Crippen molar-refractivity contribution in [1.82, 2.24) is 24.8 Å². The summed E-state index contributed by atoms with van der Waals surface area (Å²) in [5.41, 5.74) is 1.61.